The van der Waals surface area contributed by atoms with E-state index in [-0.39, 0.29) is 17.9 Å². The van der Waals surface area contributed by atoms with Crippen molar-refractivity contribution in [1.29, 1.82) is 0 Å². The number of nitrogens with zero attached hydrogens (tertiary/aromatic N) is 3. The van der Waals surface area contributed by atoms with Crippen LogP contribution in [0.1, 0.15) is 30.9 Å². The zero-order valence-electron chi connectivity index (χ0n) is 12.0. The van der Waals surface area contributed by atoms with E-state index in [0.29, 0.717) is 19.4 Å². The largest absolute Gasteiger partial charge is 0.391 e. The molecule has 7 nitrogen and oxygen atoms in total. The van der Waals surface area contributed by atoms with Gasteiger partial charge in [0.2, 0.25) is 5.91 Å². The number of hydrogen-bond acceptors (Lipinski definition) is 5. The van der Waals surface area contributed by atoms with E-state index in [1.165, 1.54) is 0 Å². The molecule has 1 saturated carbocycles. The molecule has 1 fully saturated rings. The minimum Gasteiger partial charge on any atom is -0.391 e. The van der Waals surface area contributed by atoms with Crippen molar-refractivity contribution in [3.63, 3.8) is 0 Å². The van der Waals surface area contributed by atoms with E-state index < -0.39 is 6.10 Å². The predicted molar refractivity (Wildman–Crippen MR) is 73.8 cm³/mol. The molecular formula is C13H23N5O2. The maximum absolute atomic E-state index is 11.9. The zero-order valence-corrected chi connectivity index (χ0v) is 12.0. The second-order valence-electron chi connectivity index (χ2n) is 5.47. The van der Waals surface area contributed by atoms with Crippen molar-refractivity contribution in [2.24, 2.45) is 11.7 Å². The lowest BCUT2D eigenvalue weighted by molar-refractivity contribution is -0.125. The van der Waals surface area contributed by atoms with Gasteiger partial charge in [-0.15, -0.1) is 0 Å². The molecule has 0 radical (unpaired) electrons. The van der Waals surface area contributed by atoms with Gasteiger partial charge in [0, 0.05) is 25.0 Å². The average molecular weight is 281 g/mol. The van der Waals surface area contributed by atoms with Crippen molar-refractivity contribution in [2.45, 2.75) is 51.8 Å². The predicted octanol–water partition coefficient (Wildman–Crippen LogP) is -0.501. The van der Waals surface area contributed by atoms with Crippen LogP contribution in [0.25, 0.3) is 0 Å². The maximum atomic E-state index is 11.9. The van der Waals surface area contributed by atoms with Crippen LogP contribution in [0.2, 0.25) is 0 Å². The fraction of sp³-hybridized carbons (Fsp3) is 0.769. The minimum absolute atomic E-state index is 0.0107. The van der Waals surface area contributed by atoms with Crippen LogP contribution >= 0.6 is 0 Å². The quantitative estimate of drug-likeness (QED) is 0.631. The molecule has 1 aliphatic carbocycles. The standard InChI is InChI=1S/C13H23N5O2/c1-8-16-9(2)18(17-8)5-3-4-15-13(20)10-6-11(14)12(19)7-10/h10-12,19H,3-7,14H2,1-2H3,(H,15,20)/t10-,11+,12+/m0/s1. The van der Waals surface area contributed by atoms with Crippen molar-refractivity contribution in [2.75, 3.05) is 6.54 Å². The van der Waals surface area contributed by atoms with E-state index in [9.17, 15) is 9.90 Å². The third-order valence-electron chi connectivity index (χ3n) is 3.76. The molecule has 1 amide bonds. The van der Waals surface area contributed by atoms with E-state index in [2.05, 4.69) is 15.4 Å². The molecule has 0 bridgehead atoms. The molecule has 112 valence electrons. The Morgan fingerprint density at radius 1 is 1.50 bits per heavy atom. The number of rotatable bonds is 5. The third-order valence-corrected chi connectivity index (χ3v) is 3.76. The highest BCUT2D eigenvalue weighted by Gasteiger charge is 2.34. The van der Waals surface area contributed by atoms with Gasteiger partial charge < -0.3 is 16.2 Å². The van der Waals surface area contributed by atoms with Crippen molar-refractivity contribution in [3.8, 4) is 0 Å². The smallest absolute Gasteiger partial charge is 0.223 e. The lowest BCUT2D eigenvalue weighted by atomic mass is 10.1. The van der Waals surface area contributed by atoms with Crippen molar-refractivity contribution < 1.29 is 9.90 Å². The molecule has 1 aromatic heterocycles. The van der Waals surface area contributed by atoms with Crippen LogP contribution < -0.4 is 11.1 Å². The summed E-state index contributed by atoms with van der Waals surface area (Å²) < 4.78 is 1.84. The van der Waals surface area contributed by atoms with Crippen LogP contribution in [0.15, 0.2) is 0 Å². The highest BCUT2D eigenvalue weighted by atomic mass is 16.3. The number of aliphatic hydroxyl groups is 1. The van der Waals surface area contributed by atoms with Gasteiger partial charge in [0.25, 0.3) is 0 Å². The Labute approximate surface area is 118 Å². The number of hydrogen-bond donors (Lipinski definition) is 3. The van der Waals surface area contributed by atoms with Crippen LogP contribution in [0.3, 0.4) is 0 Å². The first-order valence-corrected chi connectivity index (χ1v) is 7.06. The van der Waals surface area contributed by atoms with Gasteiger partial charge in [-0.05, 0) is 33.1 Å². The lowest BCUT2D eigenvalue weighted by Crippen LogP contribution is -2.31. The molecule has 0 aromatic carbocycles. The molecule has 0 spiro atoms. The fourth-order valence-electron chi connectivity index (χ4n) is 2.62. The van der Waals surface area contributed by atoms with Crippen molar-refractivity contribution in [1.82, 2.24) is 20.1 Å². The monoisotopic (exact) mass is 281 g/mol. The molecule has 20 heavy (non-hydrogen) atoms. The van der Waals surface area contributed by atoms with Gasteiger partial charge in [-0.2, -0.15) is 5.10 Å². The molecule has 2 rings (SSSR count). The second-order valence-corrected chi connectivity index (χ2v) is 5.47. The van der Waals surface area contributed by atoms with Gasteiger partial charge >= 0.3 is 0 Å². The van der Waals surface area contributed by atoms with Crippen LogP contribution in [-0.2, 0) is 11.3 Å². The molecule has 0 saturated heterocycles. The summed E-state index contributed by atoms with van der Waals surface area (Å²) in [5.74, 6) is 1.48. The summed E-state index contributed by atoms with van der Waals surface area (Å²) in [6.07, 6.45) is 1.28. The van der Waals surface area contributed by atoms with Gasteiger partial charge in [-0.3, -0.25) is 9.48 Å². The molecule has 1 heterocycles. The summed E-state index contributed by atoms with van der Waals surface area (Å²) in [6.45, 7) is 5.11. The number of nitrogens with two attached hydrogens (primary N) is 1. The van der Waals surface area contributed by atoms with E-state index in [0.717, 1.165) is 24.6 Å². The molecule has 0 aliphatic heterocycles. The van der Waals surface area contributed by atoms with Crippen LogP contribution in [0, 0.1) is 19.8 Å². The summed E-state index contributed by atoms with van der Waals surface area (Å²) in [7, 11) is 0. The number of aliphatic hydroxyl groups excluding tert-OH is 1. The highest BCUT2D eigenvalue weighted by molar-refractivity contribution is 5.79. The van der Waals surface area contributed by atoms with Crippen LogP contribution in [0.4, 0.5) is 0 Å². The Morgan fingerprint density at radius 2 is 2.25 bits per heavy atom. The summed E-state index contributed by atoms with van der Waals surface area (Å²) in [5.41, 5.74) is 5.71. The van der Waals surface area contributed by atoms with Crippen LogP contribution in [0.5, 0.6) is 0 Å². The first-order valence-electron chi connectivity index (χ1n) is 7.06. The number of amides is 1. The normalized spacial score (nSPS) is 25.9. The Morgan fingerprint density at radius 3 is 2.80 bits per heavy atom. The molecule has 4 N–H and O–H groups in total. The number of carbonyl (C=O) groups excluding carboxylic acids is 1. The van der Waals surface area contributed by atoms with Gasteiger partial charge in [0.15, 0.2) is 0 Å². The Bertz CT molecular complexity index is 463. The Hall–Kier alpha value is -1.47. The number of nitrogens with one attached hydrogen (secondary N) is 1. The SMILES string of the molecule is Cc1nc(C)n(CCCNC(=O)[C@H]2C[C@@H](N)[C@H](O)C2)n1. The van der Waals surface area contributed by atoms with Gasteiger partial charge in [0.1, 0.15) is 11.6 Å². The zero-order chi connectivity index (χ0) is 14.7. The first kappa shape index (κ1) is 14.9. The summed E-state index contributed by atoms with van der Waals surface area (Å²) >= 11 is 0. The van der Waals surface area contributed by atoms with Crippen LogP contribution in [-0.4, -0.2) is 44.5 Å². The van der Waals surface area contributed by atoms with Crippen molar-refractivity contribution >= 4 is 5.91 Å². The fourth-order valence-corrected chi connectivity index (χ4v) is 2.62. The molecule has 0 unspecified atom stereocenters. The Balaban J connectivity index is 1.68. The second kappa shape index (κ2) is 6.32. The molecule has 1 aromatic rings. The highest BCUT2D eigenvalue weighted by Crippen LogP contribution is 2.24. The van der Waals surface area contributed by atoms with E-state index in [1.807, 2.05) is 18.5 Å². The van der Waals surface area contributed by atoms with Gasteiger partial charge in [-0.25, -0.2) is 4.98 Å². The third kappa shape index (κ3) is 3.55. The number of aromatic nitrogens is 3. The summed E-state index contributed by atoms with van der Waals surface area (Å²) in [5, 5.41) is 16.7. The molecule has 7 heteroatoms. The van der Waals surface area contributed by atoms with E-state index in [4.69, 9.17) is 5.73 Å². The first-order chi connectivity index (χ1) is 9.47. The maximum Gasteiger partial charge on any atom is 0.223 e. The summed E-state index contributed by atoms with van der Waals surface area (Å²) in [4.78, 5) is 16.1. The number of carbonyl (C=O) groups is 1. The van der Waals surface area contributed by atoms with Gasteiger partial charge in [0.05, 0.1) is 6.10 Å². The molecular weight excluding hydrogens is 258 g/mol. The average Bonchev–Trinajstić information content (AvgIpc) is 2.88. The lowest BCUT2D eigenvalue weighted by Gasteiger charge is -2.10. The van der Waals surface area contributed by atoms with Gasteiger partial charge in [-0.1, -0.05) is 0 Å². The Kier molecular flexibility index (Phi) is 4.72. The minimum atomic E-state index is -0.550. The topological polar surface area (TPSA) is 106 Å². The summed E-state index contributed by atoms with van der Waals surface area (Å²) in [6, 6.07) is -0.272. The molecule has 1 aliphatic rings. The van der Waals surface area contributed by atoms with E-state index >= 15 is 0 Å². The number of aryl methyl sites for hydroxylation is 3. The van der Waals surface area contributed by atoms with Crippen molar-refractivity contribution in [3.05, 3.63) is 11.6 Å². The van der Waals surface area contributed by atoms with E-state index in [1.54, 1.807) is 0 Å². The molecule has 3 atom stereocenters.